The summed E-state index contributed by atoms with van der Waals surface area (Å²) in [5, 5.41) is 14.8. The molecule has 0 radical (unpaired) electrons. The number of hydrogen-bond donors (Lipinski definition) is 1. The van der Waals surface area contributed by atoms with E-state index in [1.54, 1.807) is 38.2 Å². The predicted octanol–water partition coefficient (Wildman–Crippen LogP) is 1.90. The Bertz CT molecular complexity index is 781. The van der Waals surface area contributed by atoms with Gasteiger partial charge in [-0.05, 0) is 25.3 Å². The summed E-state index contributed by atoms with van der Waals surface area (Å²) in [4.78, 5) is 26.9. The van der Waals surface area contributed by atoms with Crippen molar-refractivity contribution in [3.05, 3.63) is 40.3 Å². The molecule has 130 valence electrons. The maximum atomic E-state index is 12.8. The molecule has 0 saturated heterocycles. The number of amides is 1. The summed E-state index contributed by atoms with van der Waals surface area (Å²) in [6.07, 6.45) is 0.0195. The van der Waals surface area contributed by atoms with Crippen molar-refractivity contribution in [1.82, 2.24) is 14.7 Å². The molecule has 1 atom stereocenters. The molecule has 2 aromatic rings. The summed E-state index contributed by atoms with van der Waals surface area (Å²) in [7, 11) is 1.68. The highest BCUT2D eigenvalue weighted by molar-refractivity contribution is 6.04. The molecule has 0 saturated carbocycles. The molecule has 1 unspecified atom stereocenters. The average Bonchev–Trinajstić information content (AvgIpc) is 2.54. The van der Waals surface area contributed by atoms with Crippen LogP contribution in [0.25, 0.3) is 10.8 Å². The highest BCUT2D eigenvalue weighted by atomic mass is 16.3. The molecule has 2 rings (SSSR count). The summed E-state index contributed by atoms with van der Waals surface area (Å²) < 4.78 is 1.38. The van der Waals surface area contributed by atoms with Crippen LogP contribution in [0.5, 0.6) is 0 Å². The minimum absolute atomic E-state index is 0.178. The second-order valence-corrected chi connectivity index (χ2v) is 6.64. The molecule has 24 heavy (non-hydrogen) atoms. The second-order valence-electron chi connectivity index (χ2n) is 6.64. The number of fused-ring (bicyclic) bond motifs is 1. The van der Waals surface area contributed by atoms with E-state index in [0.29, 0.717) is 30.3 Å². The Balaban J connectivity index is 2.50. The van der Waals surface area contributed by atoms with Crippen molar-refractivity contribution in [2.45, 2.75) is 39.8 Å². The number of aromatic nitrogens is 2. The molecule has 1 amide bonds. The molecule has 6 heteroatoms. The number of nitrogens with zero attached hydrogens (tertiary/aromatic N) is 3. The van der Waals surface area contributed by atoms with Gasteiger partial charge in [-0.15, -0.1) is 0 Å². The molecule has 0 aliphatic carbocycles. The van der Waals surface area contributed by atoms with Crippen molar-refractivity contribution in [1.29, 1.82) is 0 Å². The lowest BCUT2D eigenvalue weighted by atomic mass is 10.1. The zero-order chi connectivity index (χ0) is 17.9. The van der Waals surface area contributed by atoms with Gasteiger partial charge in [0, 0.05) is 25.5 Å². The summed E-state index contributed by atoms with van der Waals surface area (Å²) >= 11 is 0. The monoisotopic (exact) mass is 331 g/mol. The van der Waals surface area contributed by atoms with Gasteiger partial charge in [-0.25, -0.2) is 4.68 Å². The Labute approximate surface area is 141 Å². The number of carbonyl (C=O) groups excluding carboxylic acids is 1. The third kappa shape index (κ3) is 4.00. The van der Waals surface area contributed by atoms with Gasteiger partial charge >= 0.3 is 0 Å². The van der Waals surface area contributed by atoms with Crippen LogP contribution in [-0.2, 0) is 6.54 Å². The average molecular weight is 331 g/mol. The van der Waals surface area contributed by atoms with E-state index in [9.17, 15) is 14.7 Å². The van der Waals surface area contributed by atoms with Gasteiger partial charge < -0.3 is 10.0 Å². The summed E-state index contributed by atoms with van der Waals surface area (Å²) in [6, 6.07) is 7.06. The third-order valence-corrected chi connectivity index (χ3v) is 3.84. The van der Waals surface area contributed by atoms with Crippen LogP contribution in [0.4, 0.5) is 0 Å². The first kappa shape index (κ1) is 18.1. The van der Waals surface area contributed by atoms with Crippen molar-refractivity contribution >= 4 is 16.7 Å². The highest BCUT2D eigenvalue weighted by Crippen LogP contribution is 2.15. The maximum Gasteiger partial charge on any atom is 0.274 e. The Kier molecular flexibility index (Phi) is 5.72. The number of hydrogen-bond acceptors (Lipinski definition) is 4. The molecular formula is C18H25N3O3. The van der Waals surface area contributed by atoms with Gasteiger partial charge in [0.2, 0.25) is 0 Å². The van der Waals surface area contributed by atoms with E-state index in [4.69, 9.17) is 0 Å². The Morgan fingerprint density at radius 3 is 2.46 bits per heavy atom. The van der Waals surface area contributed by atoms with Crippen LogP contribution in [0.3, 0.4) is 0 Å². The first-order chi connectivity index (χ1) is 11.3. The van der Waals surface area contributed by atoms with Crippen LogP contribution < -0.4 is 5.56 Å². The molecule has 1 aromatic heterocycles. The normalized spacial score (nSPS) is 12.6. The van der Waals surface area contributed by atoms with Crippen LogP contribution in [0.1, 0.15) is 37.7 Å². The largest absolute Gasteiger partial charge is 0.393 e. The van der Waals surface area contributed by atoms with Crippen molar-refractivity contribution in [3.8, 4) is 0 Å². The van der Waals surface area contributed by atoms with Gasteiger partial charge in [0.15, 0.2) is 5.69 Å². The van der Waals surface area contributed by atoms with E-state index >= 15 is 0 Å². The van der Waals surface area contributed by atoms with E-state index < -0.39 is 6.10 Å². The second kappa shape index (κ2) is 7.57. The third-order valence-electron chi connectivity index (χ3n) is 3.84. The molecule has 0 aliphatic rings. The molecule has 0 spiro atoms. The van der Waals surface area contributed by atoms with Crippen LogP contribution in [0.2, 0.25) is 0 Å². The van der Waals surface area contributed by atoms with Gasteiger partial charge in [0.05, 0.1) is 11.5 Å². The predicted molar refractivity (Wildman–Crippen MR) is 94.1 cm³/mol. The molecule has 0 bridgehead atoms. The summed E-state index contributed by atoms with van der Waals surface area (Å²) in [6.45, 7) is 6.57. The maximum absolute atomic E-state index is 12.8. The topological polar surface area (TPSA) is 75.4 Å². The molecule has 1 heterocycles. The van der Waals surface area contributed by atoms with E-state index in [1.807, 2.05) is 13.8 Å². The fourth-order valence-corrected chi connectivity index (χ4v) is 2.53. The number of benzene rings is 1. The smallest absolute Gasteiger partial charge is 0.274 e. The van der Waals surface area contributed by atoms with Crippen molar-refractivity contribution < 1.29 is 9.90 Å². The first-order valence-corrected chi connectivity index (χ1v) is 8.24. The zero-order valence-corrected chi connectivity index (χ0v) is 14.7. The van der Waals surface area contributed by atoms with Crippen molar-refractivity contribution in [2.75, 3.05) is 13.6 Å². The lowest BCUT2D eigenvalue weighted by molar-refractivity contribution is 0.0762. The van der Waals surface area contributed by atoms with Crippen LogP contribution >= 0.6 is 0 Å². The standard InChI is InChI=1S/C18H25N3O3/c1-12(2)11-21-17(23)15-8-6-5-7-14(15)16(19-21)18(24)20(4)10-9-13(3)22/h5-8,12-13,22H,9-11H2,1-4H3. The lowest BCUT2D eigenvalue weighted by Gasteiger charge is -2.19. The first-order valence-electron chi connectivity index (χ1n) is 8.24. The molecule has 6 nitrogen and oxygen atoms in total. The fraction of sp³-hybridized carbons (Fsp3) is 0.500. The van der Waals surface area contributed by atoms with Crippen molar-refractivity contribution in [2.24, 2.45) is 5.92 Å². The SMILES string of the molecule is CC(C)Cn1nc(C(=O)N(C)CCC(C)O)c2ccccc2c1=O. The summed E-state index contributed by atoms with van der Waals surface area (Å²) in [5.74, 6) is -0.00311. The number of carbonyl (C=O) groups is 1. The molecule has 0 aliphatic heterocycles. The van der Waals surface area contributed by atoms with Crippen LogP contribution in [0.15, 0.2) is 29.1 Å². The Hall–Kier alpha value is -2.21. The van der Waals surface area contributed by atoms with Gasteiger partial charge in [-0.3, -0.25) is 9.59 Å². The minimum atomic E-state index is -0.472. The number of aliphatic hydroxyl groups excluding tert-OH is 1. The van der Waals surface area contributed by atoms with Crippen LogP contribution in [-0.4, -0.2) is 45.4 Å². The van der Waals surface area contributed by atoms with Gasteiger partial charge in [0.25, 0.3) is 11.5 Å². The van der Waals surface area contributed by atoms with E-state index in [-0.39, 0.29) is 23.1 Å². The van der Waals surface area contributed by atoms with Crippen LogP contribution in [0, 0.1) is 5.92 Å². The van der Waals surface area contributed by atoms with Gasteiger partial charge in [0.1, 0.15) is 0 Å². The van der Waals surface area contributed by atoms with Gasteiger partial charge in [-0.2, -0.15) is 5.10 Å². The summed E-state index contributed by atoms with van der Waals surface area (Å²) in [5.41, 5.74) is 0.0985. The molecule has 1 aromatic carbocycles. The molecular weight excluding hydrogens is 306 g/mol. The lowest BCUT2D eigenvalue weighted by Crippen LogP contribution is -2.34. The molecule has 1 N–H and O–H groups in total. The highest BCUT2D eigenvalue weighted by Gasteiger charge is 2.20. The van der Waals surface area contributed by atoms with Crippen molar-refractivity contribution in [3.63, 3.8) is 0 Å². The van der Waals surface area contributed by atoms with E-state index in [2.05, 4.69) is 5.10 Å². The number of aliphatic hydroxyl groups is 1. The Morgan fingerprint density at radius 1 is 1.25 bits per heavy atom. The minimum Gasteiger partial charge on any atom is -0.393 e. The number of rotatable bonds is 6. The zero-order valence-electron chi connectivity index (χ0n) is 14.7. The molecule has 0 fully saturated rings. The van der Waals surface area contributed by atoms with Gasteiger partial charge in [-0.1, -0.05) is 32.0 Å². The quantitative estimate of drug-likeness (QED) is 0.877. The fourth-order valence-electron chi connectivity index (χ4n) is 2.53. The van der Waals surface area contributed by atoms with E-state index in [1.165, 1.54) is 9.58 Å². The van der Waals surface area contributed by atoms with E-state index in [0.717, 1.165) is 0 Å². The Morgan fingerprint density at radius 2 is 1.88 bits per heavy atom.